The van der Waals surface area contributed by atoms with Gasteiger partial charge in [-0.2, -0.15) is 4.98 Å². The summed E-state index contributed by atoms with van der Waals surface area (Å²) in [6.45, 7) is 0. The van der Waals surface area contributed by atoms with Crippen LogP contribution >= 0.6 is 0 Å². The molecule has 0 aliphatic heterocycles. The number of anilines is 1. The third kappa shape index (κ3) is 2.49. The molecule has 146 valence electrons. The van der Waals surface area contributed by atoms with Gasteiger partial charge >= 0.3 is 0 Å². The second-order valence-corrected chi connectivity index (χ2v) is 8.17. The minimum atomic E-state index is 0.0375. The minimum absolute atomic E-state index is 0.0375. The Kier molecular flexibility index (Phi) is 3.37. The Morgan fingerprint density at radius 2 is 1.97 bits per heavy atom. The van der Waals surface area contributed by atoms with E-state index in [4.69, 9.17) is 15.6 Å². The molecule has 4 aromatic rings. The number of aromatic nitrogens is 5. The number of fused-ring (bicyclic) bond motifs is 3. The van der Waals surface area contributed by atoms with Crippen molar-refractivity contribution in [2.75, 3.05) is 12.4 Å². The van der Waals surface area contributed by atoms with Crippen LogP contribution in [0.5, 0.6) is 5.88 Å². The SMILES string of the molecule is COc1nc(NC23CC(N)C(C2)C3)nn2ccc(-c3ccc4nccnc4c3)c12. The van der Waals surface area contributed by atoms with Crippen LogP contribution in [0, 0.1) is 5.92 Å². The Hall–Kier alpha value is -3.26. The number of hydrogen-bond donors (Lipinski definition) is 2. The van der Waals surface area contributed by atoms with E-state index in [0.717, 1.165) is 46.9 Å². The van der Waals surface area contributed by atoms with Gasteiger partial charge in [0.2, 0.25) is 11.8 Å². The van der Waals surface area contributed by atoms with E-state index in [1.54, 1.807) is 19.5 Å². The van der Waals surface area contributed by atoms with Gasteiger partial charge in [0.15, 0.2) is 0 Å². The van der Waals surface area contributed by atoms with Crippen molar-refractivity contribution in [3.8, 4) is 17.0 Å². The maximum atomic E-state index is 6.19. The van der Waals surface area contributed by atoms with Crippen LogP contribution < -0.4 is 15.8 Å². The number of nitrogens with one attached hydrogen (secondary N) is 1. The Balaban J connectivity index is 1.42. The summed E-state index contributed by atoms with van der Waals surface area (Å²) in [5.74, 6) is 1.74. The number of rotatable bonds is 4. The van der Waals surface area contributed by atoms with E-state index >= 15 is 0 Å². The monoisotopic (exact) mass is 387 g/mol. The van der Waals surface area contributed by atoms with E-state index in [1.807, 2.05) is 35.0 Å². The molecule has 3 heterocycles. The summed E-state index contributed by atoms with van der Waals surface area (Å²) in [5, 5.41) is 8.23. The number of hydrogen-bond acceptors (Lipinski definition) is 7. The molecule has 1 unspecified atom stereocenters. The number of nitrogens with two attached hydrogens (primary N) is 1. The smallest absolute Gasteiger partial charge is 0.244 e. The third-order valence-corrected chi connectivity index (χ3v) is 6.37. The van der Waals surface area contributed by atoms with Gasteiger partial charge in [0.05, 0.1) is 18.1 Å². The third-order valence-electron chi connectivity index (χ3n) is 6.37. The quantitative estimate of drug-likeness (QED) is 0.555. The highest BCUT2D eigenvalue weighted by Gasteiger charge is 2.55. The molecule has 3 aromatic heterocycles. The summed E-state index contributed by atoms with van der Waals surface area (Å²) < 4.78 is 7.47. The first-order valence-corrected chi connectivity index (χ1v) is 9.82. The number of nitrogens with zero attached hydrogens (tertiary/aromatic N) is 5. The molecule has 3 aliphatic carbocycles. The fourth-order valence-electron chi connectivity index (χ4n) is 4.97. The highest BCUT2D eigenvalue weighted by atomic mass is 16.5. The van der Waals surface area contributed by atoms with Crippen LogP contribution in [0.25, 0.3) is 27.7 Å². The van der Waals surface area contributed by atoms with E-state index in [-0.39, 0.29) is 11.6 Å². The van der Waals surface area contributed by atoms with Gasteiger partial charge in [0.25, 0.3) is 0 Å². The van der Waals surface area contributed by atoms with Crippen molar-refractivity contribution in [1.82, 2.24) is 24.6 Å². The van der Waals surface area contributed by atoms with Crippen molar-refractivity contribution < 1.29 is 4.74 Å². The Morgan fingerprint density at radius 1 is 1.14 bits per heavy atom. The van der Waals surface area contributed by atoms with Crippen LogP contribution in [0.1, 0.15) is 19.3 Å². The molecule has 1 aromatic carbocycles. The van der Waals surface area contributed by atoms with Crippen molar-refractivity contribution in [2.45, 2.75) is 30.8 Å². The molecule has 0 spiro atoms. The maximum Gasteiger partial charge on any atom is 0.244 e. The molecule has 8 nitrogen and oxygen atoms in total. The Morgan fingerprint density at radius 3 is 2.72 bits per heavy atom. The maximum absolute atomic E-state index is 6.19. The topological polar surface area (TPSA) is 103 Å². The predicted molar refractivity (Wildman–Crippen MR) is 110 cm³/mol. The molecule has 3 aliphatic rings. The van der Waals surface area contributed by atoms with Gasteiger partial charge in [0, 0.05) is 35.7 Å². The van der Waals surface area contributed by atoms with Crippen LogP contribution in [0.4, 0.5) is 5.95 Å². The van der Waals surface area contributed by atoms with Gasteiger partial charge in [-0.3, -0.25) is 9.97 Å². The van der Waals surface area contributed by atoms with Gasteiger partial charge in [-0.15, -0.1) is 5.10 Å². The Labute approximate surface area is 167 Å². The summed E-state index contributed by atoms with van der Waals surface area (Å²) in [7, 11) is 1.64. The first-order chi connectivity index (χ1) is 14.1. The van der Waals surface area contributed by atoms with Gasteiger partial charge in [-0.25, -0.2) is 4.52 Å². The fraction of sp³-hybridized carbons (Fsp3) is 0.333. The molecule has 8 heteroatoms. The highest BCUT2D eigenvalue weighted by molar-refractivity contribution is 5.89. The zero-order chi connectivity index (χ0) is 19.6. The molecular weight excluding hydrogens is 366 g/mol. The average Bonchev–Trinajstić information content (AvgIpc) is 3.36. The van der Waals surface area contributed by atoms with Crippen molar-refractivity contribution in [1.29, 1.82) is 0 Å². The van der Waals surface area contributed by atoms with E-state index in [2.05, 4.69) is 20.3 Å². The van der Waals surface area contributed by atoms with Crippen LogP contribution in [-0.2, 0) is 0 Å². The highest BCUT2D eigenvalue weighted by Crippen LogP contribution is 2.52. The molecule has 0 radical (unpaired) electrons. The first-order valence-electron chi connectivity index (χ1n) is 9.82. The van der Waals surface area contributed by atoms with Crippen LogP contribution in [0.2, 0.25) is 0 Å². The number of benzene rings is 1. The largest absolute Gasteiger partial charge is 0.479 e. The summed E-state index contributed by atoms with van der Waals surface area (Å²) in [5.41, 5.74) is 10.8. The molecule has 0 saturated heterocycles. The summed E-state index contributed by atoms with van der Waals surface area (Å²) in [6.07, 6.45) is 8.48. The van der Waals surface area contributed by atoms with E-state index < -0.39 is 0 Å². The van der Waals surface area contributed by atoms with Crippen molar-refractivity contribution in [3.63, 3.8) is 0 Å². The number of methoxy groups -OCH3 is 1. The standard InChI is InChI=1S/C21H21N7O/c1-29-19-18-14(12-2-3-16-17(8-12)24-6-5-23-16)4-7-28(18)27-20(25-19)26-21-9-13(10-21)15(22)11-21/h2-8,13,15H,9-11,22H2,1H3,(H,26,27). The molecule has 3 N–H and O–H groups in total. The predicted octanol–water partition coefficient (Wildman–Crippen LogP) is 2.64. The van der Waals surface area contributed by atoms with Gasteiger partial charge in [-0.1, -0.05) is 6.07 Å². The van der Waals surface area contributed by atoms with Gasteiger partial charge in [-0.05, 0) is 48.9 Å². The summed E-state index contributed by atoms with van der Waals surface area (Å²) in [6, 6.07) is 8.33. The molecule has 3 saturated carbocycles. The van der Waals surface area contributed by atoms with E-state index in [1.165, 1.54) is 0 Å². The van der Waals surface area contributed by atoms with Crippen LogP contribution in [0.15, 0.2) is 42.9 Å². The molecule has 1 atom stereocenters. The summed E-state index contributed by atoms with van der Waals surface area (Å²) >= 11 is 0. The lowest BCUT2D eigenvalue weighted by Crippen LogP contribution is -2.43. The molecule has 2 bridgehead atoms. The molecule has 0 amide bonds. The van der Waals surface area contributed by atoms with Crippen LogP contribution in [0.3, 0.4) is 0 Å². The van der Waals surface area contributed by atoms with Gasteiger partial charge < -0.3 is 15.8 Å². The van der Waals surface area contributed by atoms with E-state index in [0.29, 0.717) is 17.7 Å². The van der Waals surface area contributed by atoms with Crippen molar-refractivity contribution in [2.24, 2.45) is 11.7 Å². The lowest BCUT2D eigenvalue weighted by atomic mass is 9.77. The minimum Gasteiger partial charge on any atom is -0.479 e. The normalized spacial score (nSPS) is 25.3. The molecule has 3 fully saturated rings. The Bertz CT molecular complexity index is 1240. The zero-order valence-electron chi connectivity index (χ0n) is 16.0. The van der Waals surface area contributed by atoms with Crippen molar-refractivity contribution in [3.05, 3.63) is 42.9 Å². The molecule has 7 rings (SSSR count). The zero-order valence-corrected chi connectivity index (χ0v) is 16.0. The fourth-order valence-corrected chi connectivity index (χ4v) is 4.97. The first kappa shape index (κ1) is 16.7. The second-order valence-electron chi connectivity index (χ2n) is 8.17. The number of ether oxygens (including phenoxy) is 1. The molecular formula is C21H21N7O. The lowest BCUT2D eigenvalue weighted by molar-refractivity contribution is 0.264. The molecule has 29 heavy (non-hydrogen) atoms. The van der Waals surface area contributed by atoms with Crippen molar-refractivity contribution >= 4 is 22.5 Å². The lowest BCUT2D eigenvalue weighted by Gasteiger charge is -2.39. The second kappa shape index (κ2) is 5.87. The van der Waals surface area contributed by atoms with Gasteiger partial charge in [0.1, 0.15) is 5.52 Å². The average molecular weight is 387 g/mol. The van der Waals surface area contributed by atoms with E-state index in [9.17, 15) is 0 Å². The summed E-state index contributed by atoms with van der Waals surface area (Å²) in [4.78, 5) is 13.4. The van der Waals surface area contributed by atoms with Crippen LogP contribution in [-0.4, -0.2) is 43.3 Å².